The molecule has 100 valence electrons. The summed E-state index contributed by atoms with van der Waals surface area (Å²) in [5.41, 5.74) is 2.65. The van der Waals surface area contributed by atoms with Crippen molar-refractivity contribution in [2.24, 2.45) is 0 Å². The van der Waals surface area contributed by atoms with Crippen molar-refractivity contribution in [1.29, 1.82) is 0 Å². The molecule has 1 aliphatic rings. The molecule has 0 fully saturated rings. The lowest BCUT2D eigenvalue weighted by atomic mass is 9.97. The maximum atomic E-state index is 11.3. The number of para-hydroxylation sites is 1. The largest absolute Gasteiger partial charge is 0.368 e. The van der Waals surface area contributed by atoms with Crippen LogP contribution in [0.15, 0.2) is 54.2 Å². The number of nitrogens with one attached hydrogen (secondary N) is 1. The molecule has 0 saturated heterocycles. The predicted octanol–water partition coefficient (Wildman–Crippen LogP) is 4.12. The van der Waals surface area contributed by atoms with Gasteiger partial charge in [-0.2, -0.15) is 0 Å². The number of hydrogen-bond acceptors (Lipinski definition) is 3. The zero-order valence-electron chi connectivity index (χ0n) is 10.4. The third kappa shape index (κ3) is 2.26. The smallest absolute Gasteiger partial charge is 0.273 e. The maximum Gasteiger partial charge on any atom is 0.273 e. The average molecular weight is 287 g/mol. The second-order valence-corrected chi connectivity index (χ2v) is 4.98. The van der Waals surface area contributed by atoms with Crippen LogP contribution in [0.3, 0.4) is 0 Å². The Morgan fingerprint density at radius 1 is 1.10 bits per heavy atom. The summed E-state index contributed by atoms with van der Waals surface area (Å²) >= 11 is 5.86. The van der Waals surface area contributed by atoms with E-state index in [1.807, 2.05) is 24.3 Å². The van der Waals surface area contributed by atoms with Gasteiger partial charge in [0.1, 0.15) is 6.04 Å². The molecule has 0 aromatic heterocycles. The first kappa shape index (κ1) is 12.7. The zero-order chi connectivity index (χ0) is 14.1. The van der Waals surface area contributed by atoms with Crippen LogP contribution in [0.4, 0.5) is 5.69 Å². The Morgan fingerprint density at radius 3 is 2.50 bits per heavy atom. The van der Waals surface area contributed by atoms with E-state index in [-0.39, 0.29) is 10.6 Å². The average Bonchev–Trinajstić information content (AvgIpc) is 2.46. The molecule has 4 nitrogen and oxygen atoms in total. The van der Waals surface area contributed by atoms with E-state index in [9.17, 15) is 10.1 Å². The van der Waals surface area contributed by atoms with Crippen LogP contribution in [-0.4, -0.2) is 4.92 Å². The number of halogens is 1. The van der Waals surface area contributed by atoms with E-state index in [1.54, 1.807) is 30.3 Å². The van der Waals surface area contributed by atoms with Gasteiger partial charge < -0.3 is 5.32 Å². The minimum atomic E-state index is -0.475. The van der Waals surface area contributed by atoms with Gasteiger partial charge in [0, 0.05) is 22.3 Å². The number of nitrogens with zero attached hydrogens (tertiary/aromatic N) is 1. The molecular weight excluding hydrogens is 276 g/mol. The molecular formula is C15H11ClN2O2. The number of nitro groups is 1. The molecule has 20 heavy (non-hydrogen) atoms. The van der Waals surface area contributed by atoms with E-state index in [0.29, 0.717) is 5.02 Å². The van der Waals surface area contributed by atoms with Crippen molar-refractivity contribution in [3.8, 4) is 0 Å². The van der Waals surface area contributed by atoms with Gasteiger partial charge in [0.15, 0.2) is 0 Å². The lowest BCUT2D eigenvalue weighted by Gasteiger charge is -2.23. The molecule has 1 atom stereocenters. The summed E-state index contributed by atoms with van der Waals surface area (Å²) < 4.78 is 0. The lowest BCUT2D eigenvalue weighted by molar-refractivity contribution is -0.427. The number of fused-ring (bicyclic) bond motifs is 1. The second-order valence-electron chi connectivity index (χ2n) is 4.54. The first-order valence-electron chi connectivity index (χ1n) is 6.12. The fourth-order valence-electron chi connectivity index (χ4n) is 2.29. The summed E-state index contributed by atoms with van der Waals surface area (Å²) in [5, 5.41) is 15.1. The highest BCUT2D eigenvalue weighted by molar-refractivity contribution is 6.30. The molecule has 0 aliphatic carbocycles. The Kier molecular flexibility index (Phi) is 3.16. The van der Waals surface area contributed by atoms with Gasteiger partial charge in [-0.05, 0) is 23.8 Å². The third-order valence-electron chi connectivity index (χ3n) is 3.27. The van der Waals surface area contributed by atoms with E-state index in [4.69, 9.17) is 11.6 Å². The van der Waals surface area contributed by atoms with Gasteiger partial charge in [-0.3, -0.25) is 10.1 Å². The second kappa shape index (κ2) is 4.98. The lowest BCUT2D eigenvalue weighted by Crippen LogP contribution is -2.21. The molecule has 5 heteroatoms. The highest BCUT2D eigenvalue weighted by Crippen LogP contribution is 2.35. The summed E-state index contributed by atoms with van der Waals surface area (Å²) in [6, 6.07) is 14.1. The number of benzene rings is 2. The SMILES string of the molecule is O=[N+]([O-])C1=Cc2ccccc2N[C@H]1c1ccc(Cl)cc1. The molecule has 0 saturated carbocycles. The van der Waals surface area contributed by atoms with E-state index >= 15 is 0 Å². The van der Waals surface area contributed by atoms with Gasteiger partial charge >= 0.3 is 0 Å². The molecule has 2 aromatic rings. The highest BCUT2D eigenvalue weighted by Gasteiger charge is 2.30. The number of rotatable bonds is 2. The summed E-state index contributed by atoms with van der Waals surface area (Å²) in [6.07, 6.45) is 1.62. The summed E-state index contributed by atoms with van der Waals surface area (Å²) in [4.78, 5) is 10.9. The van der Waals surface area contributed by atoms with Gasteiger partial charge in [0.25, 0.3) is 5.70 Å². The molecule has 0 unspecified atom stereocenters. The molecule has 1 N–H and O–H groups in total. The summed E-state index contributed by atoms with van der Waals surface area (Å²) in [6.45, 7) is 0. The monoisotopic (exact) mass is 286 g/mol. The van der Waals surface area contributed by atoms with Crippen molar-refractivity contribution in [1.82, 2.24) is 0 Å². The van der Waals surface area contributed by atoms with E-state index in [0.717, 1.165) is 16.8 Å². The predicted molar refractivity (Wildman–Crippen MR) is 79.2 cm³/mol. The topological polar surface area (TPSA) is 55.2 Å². The Morgan fingerprint density at radius 2 is 1.80 bits per heavy atom. The van der Waals surface area contributed by atoms with Crippen LogP contribution < -0.4 is 5.32 Å². The van der Waals surface area contributed by atoms with E-state index in [2.05, 4.69) is 5.32 Å². The van der Waals surface area contributed by atoms with Crippen molar-refractivity contribution in [2.45, 2.75) is 6.04 Å². The zero-order valence-corrected chi connectivity index (χ0v) is 11.2. The van der Waals surface area contributed by atoms with Gasteiger partial charge in [0.05, 0.1) is 4.92 Å². The van der Waals surface area contributed by atoms with E-state index in [1.165, 1.54) is 0 Å². The Hall–Kier alpha value is -2.33. The van der Waals surface area contributed by atoms with Crippen LogP contribution in [0.1, 0.15) is 17.2 Å². The maximum absolute atomic E-state index is 11.3. The summed E-state index contributed by atoms with van der Waals surface area (Å²) in [5.74, 6) is 0. The van der Waals surface area contributed by atoms with Crippen LogP contribution >= 0.6 is 11.6 Å². The fourth-order valence-corrected chi connectivity index (χ4v) is 2.42. The molecule has 0 radical (unpaired) electrons. The molecule has 1 aliphatic heterocycles. The normalized spacial score (nSPS) is 16.9. The standard InChI is InChI=1S/C15H11ClN2O2/c16-12-7-5-10(6-8-12)15-14(18(19)20)9-11-3-1-2-4-13(11)17-15/h1-9,15,17H/t15-/m0/s1. The minimum absolute atomic E-state index is 0.131. The number of anilines is 1. The van der Waals surface area contributed by atoms with Crippen molar-refractivity contribution in [3.63, 3.8) is 0 Å². The molecule has 1 heterocycles. The van der Waals surface area contributed by atoms with Gasteiger partial charge in [0.2, 0.25) is 0 Å². The quantitative estimate of drug-likeness (QED) is 0.667. The minimum Gasteiger partial charge on any atom is -0.368 e. The fraction of sp³-hybridized carbons (Fsp3) is 0.0667. The van der Waals surface area contributed by atoms with Crippen molar-refractivity contribution < 1.29 is 4.92 Å². The molecule has 0 bridgehead atoms. The van der Waals surface area contributed by atoms with Gasteiger partial charge in [-0.15, -0.1) is 0 Å². The van der Waals surface area contributed by atoms with Crippen LogP contribution in [0.25, 0.3) is 6.08 Å². The van der Waals surface area contributed by atoms with Crippen molar-refractivity contribution in [3.05, 3.63) is 80.5 Å². The molecule has 0 spiro atoms. The van der Waals surface area contributed by atoms with Gasteiger partial charge in [-0.1, -0.05) is 41.9 Å². The third-order valence-corrected chi connectivity index (χ3v) is 3.53. The molecule has 0 amide bonds. The first-order chi connectivity index (χ1) is 9.65. The molecule has 3 rings (SSSR count). The van der Waals surface area contributed by atoms with Crippen LogP contribution in [0, 0.1) is 10.1 Å². The van der Waals surface area contributed by atoms with E-state index < -0.39 is 6.04 Å². The Balaban J connectivity index is 2.08. The van der Waals surface area contributed by atoms with Crippen molar-refractivity contribution in [2.75, 3.05) is 5.32 Å². The van der Waals surface area contributed by atoms with Crippen molar-refractivity contribution >= 4 is 23.4 Å². The highest BCUT2D eigenvalue weighted by atomic mass is 35.5. The first-order valence-corrected chi connectivity index (χ1v) is 6.50. The van der Waals surface area contributed by atoms with Crippen LogP contribution in [0.2, 0.25) is 5.02 Å². The Bertz CT molecular complexity index is 695. The van der Waals surface area contributed by atoms with Gasteiger partial charge in [-0.25, -0.2) is 0 Å². The summed E-state index contributed by atoms with van der Waals surface area (Å²) in [7, 11) is 0. The Labute approximate surface area is 120 Å². The molecule has 2 aromatic carbocycles. The number of hydrogen-bond donors (Lipinski definition) is 1. The van der Waals surface area contributed by atoms with Crippen LogP contribution in [-0.2, 0) is 0 Å². The van der Waals surface area contributed by atoms with Crippen LogP contribution in [0.5, 0.6) is 0 Å².